The molecule has 0 unspecified atom stereocenters. The maximum Gasteiger partial charge on any atom is 0.417 e. The first-order valence-electron chi connectivity index (χ1n) is 9.97. The lowest BCUT2D eigenvalue weighted by atomic mass is 10.00. The first kappa shape index (κ1) is 25.6. The summed E-state index contributed by atoms with van der Waals surface area (Å²) < 4.78 is 40.7. The number of alkyl halides is 3. The van der Waals surface area contributed by atoms with Gasteiger partial charge in [-0.05, 0) is 43.7 Å². The van der Waals surface area contributed by atoms with Crippen LogP contribution in [0, 0.1) is 6.92 Å². The van der Waals surface area contributed by atoms with Gasteiger partial charge in [-0.2, -0.15) is 31.8 Å². The van der Waals surface area contributed by atoms with E-state index in [0.29, 0.717) is 22.5 Å². The lowest BCUT2D eigenvalue weighted by molar-refractivity contribution is -0.137. The van der Waals surface area contributed by atoms with Crippen LogP contribution in [0.1, 0.15) is 50.5 Å². The monoisotopic (exact) mass is 511 g/mol. The highest BCUT2D eigenvalue weighted by Gasteiger charge is 2.36. The van der Waals surface area contributed by atoms with Gasteiger partial charge in [-0.3, -0.25) is 14.3 Å². The molecule has 1 amide bonds. The maximum absolute atomic E-state index is 13.3. The molecule has 0 saturated carbocycles. The van der Waals surface area contributed by atoms with E-state index in [4.69, 9.17) is 17.3 Å². The van der Waals surface area contributed by atoms with Crippen molar-refractivity contribution in [1.29, 1.82) is 0 Å². The summed E-state index contributed by atoms with van der Waals surface area (Å²) in [5, 5.41) is 3.77. The summed E-state index contributed by atoms with van der Waals surface area (Å²) >= 11 is 5.86. The number of hydrogen-bond acceptors (Lipinski definition) is 5. The second-order valence-electron chi connectivity index (χ2n) is 7.91. The minimum atomic E-state index is -4.60. The summed E-state index contributed by atoms with van der Waals surface area (Å²) in [5.41, 5.74) is 6.56. The number of amides is 1. The quantitative estimate of drug-likeness (QED) is 0.517. The molecular formula is C22H21ClF3N5O2S. The molecule has 0 radical (unpaired) electrons. The molecule has 3 heterocycles. The Hall–Kier alpha value is -3.05. The number of hydrogen-bond donors (Lipinski definition) is 1. The third-order valence-electron chi connectivity index (χ3n) is 5.54. The summed E-state index contributed by atoms with van der Waals surface area (Å²) in [5.74, 6) is -0.441. The normalized spacial score (nSPS) is 15.6. The van der Waals surface area contributed by atoms with Crippen molar-refractivity contribution in [1.82, 2.24) is 14.8 Å². The fourth-order valence-electron chi connectivity index (χ4n) is 3.91. The predicted molar refractivity (Wildman–Crippen MR) is 127 cm³/mol. The van der Waals surface area contributed by atoms with Crippen molar-refractivity contribution in [2.75, 3.05) is 17.2 Å². The number of aromatic nitrogens is 3. The highest BCUT2D eigenvalue weighted by Crippen LogP contribution is 2.38. The highest BCUT2D eigenvalue weighted by atomic mass is 35.5. The van der Waals surface area contributed by atoms with Crippen LogP contribution in [0.4, 0.5) is 24.7 Å². The van der Waals surface area contributed by atoms with Crippen molar-refractivity contribution >= 4 is 48.3 Å². The number of nitrogen functional groups attached to an aromatic ring is 1. The SMILES string of the molecule is Cc1cc(N)ncc1C(=O)Cc1cnn2c1C(=O)N(c1ccc(C(F)(F)F)c(Cl)c1)C[C@@H]2C.S. The molecule has 0 spiro atoms. The van der Waals surface area contributed by atoms with Gasteiger partial charge in [0.1, 0.15) is 11.5 Å². The van der Waals surface area contributed by atoms with Crippen LogP contribution in [-0.4, -0.2) is 33.0 Å². The molecule has 2 N–H and O–H groups in total. The van der Waals surface area contributed by atoms with E-state index in [1.165, 1.54) is 28.0 Å². The van der Waals surface area contributed by atoms with Gasteiger partial charge in [0.25, 0.3) is 5.91 Å². The van der Waals surface area contributed by atoms with E-state index in [0.717, 1.165) is 12.1 Å². The molecule has 1 aliphatic rings. The van der Waals surface area contributed by atoms with E-state index in [-0.39, 0.29) is 49.7 Å². The Labute approximate surface area is 205 Å². The molecule has 0 bridgehead atoms. The maximum atomic E-state index is 13.3. The molecule has 0 saturated heterocycles. The molecule has 12 heteroatoms. The van der Waals surface area contributed by atoms with Crippen LogP contribution in [0.5, 0.6) is 0 Å². The number of nitrogens with zero attached hydrogens (tertiary/aromatic N) is 4. The van der Waals surface area contributed by atoms with E-state index in [1.54, 1.807) is 13.0 Å². The zero-order valence-electron chi connectivity index (χ0n) is 18.2. The predicted octanol–water partition coefficient (Wildman–Crippen LogP) is 4.60. The van der Waals surface area contributed by atoms with E-state index >= 15 is 0 Å². The number of halogens is 4. The summed E-state index contributed by atoms with van der Waals surface area (Å²) in [6, 6.07) is 4.49. The van der Waals surface area contributed by atoms with Gasteiger partial charge in [0.05, 0.1) is 22.8 Å². The third kappa shape index (κ3) is 4.62. The number of benzene rings is 1. The van der Waals surface area contributed by atoms with Crippen molar-refractivity contribution in [3.05, 3.63) is 69.6 Å². The molecule has 0 fully saturated rings. The molecule has 180 valence electrons. The number of Topliss-reactive ketones (excluding diaryl/α,β-unsaturated/α-hetero) is 1. The summed E-state index contributed by atoms with van der Waals surface area (Å²) in [4.78, 5) is 31.5. The number of carbonyl (C=O) groups is 2. The number of rotatable bonds is 4. The Bertz CT molecular complexity index is 1280. The van der Waals surface area contributed by atoms with Crippen LogP contribution in [0.15, 0.2) is 36.7 Å². The van der Waals surface area contributed by atoms with Crippen LogP contribution >= 0.6 is 25.1 Å². The molecule has 1 atom stereocenters. The molecule has 34 heavy (non-hydrogen) atoms. The van der Waals surface area contributed by atoms with Crippen molar-refractivity contribution in [2.45, 2.75) is 32.5 Å². The van der Waals surface area contributed by atoms with Gasteiger partial charge >= 0.3 is 6.18 Å². The molecule has 3 aromatic rings. The second kappa shape index (κ2) is 9.30. The van der Waals surface area contributed by atoms with Gasteiger partial charge in [-0.15, -0.1) is 0 Å². The lowest BCUT2D eigenvalue weighted by Crippen LogP contribution is -2.43. The number of aryl methyl sites for hydroxylation is 1. The second-order valence-corrected chi connectivity index (χ2v) is 8.32. The standard InChI is InChI=1S/C22H19ClF3N5O2.H2S/c1-11-5-19(27)28-9-15(11)18(32)6-13-8-29-31-12(2)10-30(21(33)20(13)31)14-3-4-16(17(23)7-14)22(24,25)26;/h3-5,7-9,12H,6,10H2,1-2H3,(H2,27,28);1H2/t12-;/m0./s1. The summed E-state index contributed by atoms with van der Waals surface area (Å²) in [6.07, 6.45) is -1.84. The zero-order chi connectivity index (χ0) is 24.1. The molecule has 7 nitrogen and oxygen atoms in total. The van der Waals surface area contributed by atoms with Crippen molar-refractivity contribution in [3.8, 4) is 0 Å². The summed E-state index contributed by atoms with van der Waals surface area (Å²) in [7, 11) is 0. The Morgan fingerprint density at radius 2 is 1.97 bits per heavy atom. The largest absolute Gasteiger partial charge is 0.417 e. The summed E-state index contributed by atoms with van der Waals surface area (Å²) in [6.45, 7) is 3.74. The Morgan fingerprint density at radius 3 is 2.59 bits per heavy atom. The van der Waals surface area contributed by atoms with Crippen molar-refractivity contribution < 1.29 is 22.8 Å². The van der Waals surface area contributed by atoms with Gasteiger partial charge in [0.15, 0.2) is 5.78 Å². The van der Waals surface area contributed by atoms with Crippen LogP contribution in [0.2, 0.25) is 5.02 Å². The van der Waals surface area contributed by atoms with Crippen LogP contribution < -0.4 is 10.6 Å². The van der Waals surface area contributed by atoms with Crippen LogP contribution in [-0.2, 0) is 12.6 Å². The van der Waals surface area contributed by atoms with Gasteiger partial charge in [-0.1, -0.05) is 11.6 Å². The average Bonchev–Trinajstić information content (AvgIpc) is 3.14. The fourth-order valence-corrected chi connectivity index (χ4v) is 4.19. The Kier molecular flexibility index (Phi) is 6.99. The van der Waals surface area contributed by atoms with Gasteiger partial charge < -0.3 is 10.6 Å². The van der Waals surface area contributed by atoms with Crippen molar-refractivity contribution in [2.24, 2.45) is 0 Å². The number of nitrogens with two attached hydrogens (primary N) is 1. The van der Waals surface area contributed by atoms with Gasteiger partial charge in [0.2, 0.25) is 0 Å². The Balaban J connectivity index is 0.00000324. The molecule has 2 aromatic heterocycles. The van der Waals surface area contributed by atoms with Gasteiger partial charge in [-0.25, -0.2) is 4.98 Å². The minimum Gasteiger partial charge on any atom is -0.384 e. The average molecular weight is 512 g/mol. The molecular weight excluding hydrogens is 491 g/mol. The molecule has 1 aromatic carbocycles. The third-order valence-corrected chi connectivity index (χ3v) is 5.85. The number of anilines is 2. The van der Waals surface area contributed by atoms with E-state index in [1.807, 2.05) is 6.92 Å². The topological polar surface area (TPSA) is 94.1 Å². The van der Waals surface area contributed by atoms with E-state index in [2.05, 4.69) is 10.1 Å². The molecule has 4 rings (SSSR count). The van der Waals surface area contributed by atoms with Crippen LogP contribution in [0.25, 0.3) is 0 Å². The zero-order valence-corrected chi connectivity index (χ0v) is 19.9. The number of pyridine rings is 1. The van der Waals surface area contributed by atoms with Crippen LogP contribution in [0.3, 0.4) is 0 Å². The first-order valence-corrected chi connectivity index (χ1v) is 10.4. The minimum absolute atomic E-state index is 0. The van der Waals surface area contributed by atoms with Crippen molar-refractivity contribution in [3.63, 3.8) is 0 Å². The lowest BCUT2D eigenvalue weighted by Gasteiger charge is -2.32. The number of ketones is 1. The fraction of sp³-hybridized carbons (Fsp3) is 0.273. The number of fused-ring (bicyclic) bond motifs is 1. The molecule has 1 aliphatic heterocycles. The smallest absolute Gasteiger partial charge is 0.384 e. The van der Waals surface area contributed by atoms with E-state index < -0.39 is 22.7 Å². The highest BCUT2D eigenvalue weighted by molar-refractivity contribution is 7.59. The molecule has 0 aliphatic carbocycles. The van der Waals surface area contributed by atoms with Gasteiger partial charge in [0, 0.05) is 36.0 Å². The number of carbonyl (C=O) groups excluding carboxylic acids is 2. The Morgan fingerprint density at radius 1 is 1.26 bits per heavy atom. The van der Waals surface area contributed by atoms with E-state index in [9.17, 15) is 22.8 Å². The first-order chi connectivity index (χ1) is 15.5.